The highest BCUT2D eigenvalue weighted by atomic mass is 19.1. The Morgan fingerprint density at radius 1 is 1.00 bits per heavy atom. The van der Waals surface area contributed by atoms with Crippen molar-refractivity contribution in [2.24, 2.45) is 0 Å². The molecule has 2 heterocycles. The van der Waals surface area contributed by atoms with Crippen LogP contribution in [0.3, 0.4) is 0 Å². The molecular weight excluding hydrogens is 307 g/mol. The summed E-state index contributed by atoms with van der Waals surface area (Å²) in [6.07, 6.45) is 3.39. The SMILES string of the molecule is CCCc1cc(=O)oc2cc3occ(-c4ccc(F)cc4)c3cc12. The second-order valence-electron chi connectivity index (χ2n) is 5.84. The van der Waals surface area contributed by atoms with Gasteiger partial charge in [-0.1, -0.05) is 25.5 Å². The Morgan fingerprint density at radius 3 is 2.54 bits per heavy atom. The average molecular weight is 322 g/mol. The normalized spacial score (nSPS) is 11.4. The maximum atomic E-state index is 13.2. The molecule has 4 heteroatoms. The Balaban J connectivity index is 2.00. The van der Waals surface area contributed by atoms with Crippen molar-refractivity contribution in [1.29, 1.82) is 0 Å². The highest BCUT2D eigenvalue weighted by Gasteiger charge is 2.13. The topological polar surface area (TPSA) is 43.4 Å². The first kappa shape index (κ1) is 14.7. The third kappa shape index (κ3) is 2.40. The van der Waals surface area contributed by atoms with Gasteiger partial charge in [0, 0.05) is 28.5 Å². The minimum atomic E-state index is -0.351. The van der Waals surface area contributed by atoms with Crippen LogP contribution < -0.4 is 5.63 Å². The molecule has 0 saturated heterocycles. The fourth-order valence-corrected chi connectivity index (χ4v) is 3.08. The molecule has 0 amide bonds. The standard InChI is InChI=1S/C20H15FO3/c1-2-3-13-8-20(22)24-19-10-18-16(9-15(13)19)17(11-23-18)12-4-6-14(21)7-5-12/h4-11H,2-3H2,1H3. The van der Waals surface area contributed by atoms with Crippen LogP contribution in [0.25, 0.3) is 33.1 Å². The molecule has 2 aromatic carbocycles. The Kier molecular flexibility index (Phi) is 3.45. The van der Waals surface area contributed by atoms with E-state index in [1.165, 1.54) is 12.1 Å². The van der Waals surface area contributed by atoms with E-state index in [1.54, 1.807) is 30.5 Å². The Labute approximate surface area is 137 Å². The lowest BCUT2D eigenvalue weighted by molar-refractivity contribution is 0.557. The molecule has 4 rings (SSSR count). The van der Waals surface area contributed by atoms with Crippen molar-refractivity contribution in [3.05, 3.63) is 70.5 Å². The van der Waals surface area contributed by atoms with Gasteiger partial charge in [0.15, 0.2) is 0 Å². The number of aryl methyl sites for hydroxylation is 1. The zero-order valence-electron chi connectivity index (χ0n) is 13.1. The fourth-order valence-electron chi connectivity index (χ4n) is 3.08. The zero-order valence-corrected chi connectivity index (χ0v) is 13.1. The van der Waals surface area contributed by atoms with Crippen molar-refractivity contribution in [3.63, 3.8) is 0 Å². The molecule has 24 heavy (non-hydrogen) atoms. The van der Waals surface area contributed by atoms with Crippen molar-refractivity contribution in [2.45, 2.75) is 19.8 Å². The van der Waals surface area contributed by atoms with Crippen LogP contribution >= 0.6 is 0 Å². The van der Waals surface area contributed by atoms with E-state index in [-0.39, 0.29) is 11.4 Å². The van der Waals surface area contributed by atoms with Crippen LogP contribution in [-0.4, -0.2) is 0 Å². The van der Waals surface area contributed by atoms with Gasteiger partial charge in [-0.2, -0.15) is 0 Å². The summed E-state index contributed by atoms with van der Waals surface area (Å²) in [5, 5.41) is 1.83. The fraction of sp³-hybridized carbons (Fsp3) is 0.150. The molecule has 0 N–H and O–H groups in total. The number of hydrogen-bond acceptors (Lipinski definition) is 3. The molecule has 120 valence electrons. The lowest BCUT2D eigenvalue weighted by atomic mass is 10.0. The summed E-state index contributed by atoms with van der Waals surface area (Å²) in [5.41, 5.74) is 3.55. The van der Waals surface area contributed by atoms with E-state index >= 15 is 0 Å². The quantitative estimate of drug-likeness (QED) is 0.481. The number of halogens is 1. The van der Waals surface area contributed by atoms with Crippen LogP contribution in [-0.2, 0) is 6.42 Å². The van der Waals surface area contributed by atoms with Crippen LogP contribution in [0.2, 0.25) is 0 Å². The monoisotopic (exact) mass is 322 g/mol. The van der Waals surface area contributed by atoms with Crippen molar-refractivity contribution in [2.75, 3.05) is 0 Å². The van der Waals surface area contributed by atoms with Gasteiger partial charge in [-0.25, -0.2) is 9.18 Å². The summed E-state index contributed by atoms with van der Waals surface area (Å²) in [6.45, 7) is 2.07. The largest absolute Gasteiger partial charge is 0.464 e. The van der Waals surface area contributed by atoms with E-state index in [0.717, 1.165) is 40.3 Å². The van der Waals surface area contributed by atoms with Gasteiger partial charge < -0.3 is 8.83 Å². The van der Waals surface area contributed by atoms with E-state index in [9.17, 15) is 9.18 Å². The van der Waals surface area contributed by atoms with E-state index in [1.807, 2.05) is 6.07 Å². The maximum Gasteiger partial charge on any atom is 0.336 e. The van der Waals surface area contributed by atoms with Crippen molar-refractivity contribution >= 4 is 21.9 Å². The highest BCUT2D eigenvalue weighted by molar-refractivity contribution is 6.02. The molecule has 3 nitrogen and oxygen atoms in total. The smallest absolute Gasteiger partial charge is 0.336 e. The van der Waals surface area contributed by atoms with E-state index < -0.39 is 0 Å². The lowest BCUT2D eigenvalue weighted by Gasteiger charge is -2.05. The molecule has 4 aromatic rings. The Hall–Kier alpha value is -2.88. The van der Waals surface area contributed by atoms with Gasteiger partial charge in [0.25, 0.3) is 0 Å². The Bertz CT molecular complexity index is 1090. The van der Waals surface area contributed by atoms with Gasteiger partial charge in [-0.05, 0) is 35.7 Å². The van der Waals surface area contributed by atoms with Crippen LogP contribution in [0.1, 0.15) is 18.9 Å². The number of furan rings is 1. The summed E-state index contributed by atoms with van der Waals surface area (Å²) < 4.78 is 24.1. The van der Waals surface area contributed by atoms with Crippen LogP contribution in [0.4, 0.5) is 4.39 Å². The summed E-state index contributed by atoms with van der Waals surface area (Å²) in [7, 11) is 0. The minimum Gasteiger partial charge on any atom is -0.464 e. The molecule has 0 spiro atoms. The highest BCUT2D eigenvalue weighted by Crippen LogP contribution is 2.34. The average Bonchev–Trinajstić information content (AvgIpc) is 2.97. The van der Waals surface area contributed by atoms with E-state index in [4.69, 9.17) is 8.83 Å². The molecule has 0 unspecified atom stereocenters. The molecule has 0 saturated carbocycles. The summed E-state index contributed by atoms with van der Waals surface area (Å²) in [5.74, 6) is -0.274. The maximum absolute atomic E-state index is 13.2. The second kappa shape index (κ2) is 5.64. The molecule has 0 radical (unpaired) electrons. The number of benzene rings is 2. The summed E-state index contributed by atoms with van der Waals surface area (Å²) >= 11 is 0. The van der Waals surface area contributed by atoms with Gasteiger partial charge in [0.2, 0.25) is 0 Å². The van der Waals surface area contributed by atoms with Crippen LogP contribution in [0.5, 0.6) is 0 Å². The molecular formula is C20H15FO3. The number of rotatable bonds is 3. The Morgan fingerprint density at radius 2 is 1.79 bits per heavy atom. The third-order valence-electron chi connectivity index (χ3n) is 4.20. The van der Waals surface area contributed by atoms with Crippen LogP contribution in [0.15, 0.2) is 62.4 Å². The van der Waals surface area contributed by atoms with Gasteiger partial charge in [-0.15, -0.1) is 0 Å². The molecule has 0 atom stereocenters. The van der Waals surface area contributed by atoms with E-state index in [0.29, 0.717) is 11.2 Å². The van der Waals surface area contributed by atoms with Gasteiger partial charge in [0.1, 0.15) is 17.0 Å². The van der Waals surface area contributed by atoms with Crippen LogP contribution in [0, 0.1) is 5.82 Å². The third-order valence-corrected chi connectivity index (χ3v) is 4.20. The van der Waals surface area contributed by atoms with Gasteiger partial charge in [-0.3, -0.25) is 0 Å². The summed E-state index contributed by atoms with van der Waals surface area (Å²) in [4.78, 5) is 11.7. The molecule has 2 aromatic heterocycles. The summed E-state index contributed by atoms with van der Waals surface area (Å²) in [6, 6.07) is 11.6. The van der Waals surface area contributed by atoms with Crippen molar-refractivity contribution in [1.82, 2.24) is 0 Å². The number of fused-ring (bicyclic) bond motifs is 2. The molecule has 0 aliphatic heterocycles. The molecule has 0 bridgehead atoms. The predicted octanol–water partition coefficient (Wildman–Crippen LogP) is 5.30. The molecule has 0 aliphatic carbocycles. The predicted molar refractivity (Wildman–Crippen MR) is 91.6 cm³/mol. The van der Waals surface area contributed by atoms with Crippen molar-refractivity contribution in [3.8, 4) is 11.1 Å². The minimum absolute atomic E-state index is 0.274. The van der Waals surface area contributed by atoms with Gasteiger partial charge >= 0.3 is 5.63 Å². The first-order valence-electron chi connectivity index (χ1n) is 7.89. The molecule has 0 aliphatic rings. The first-order chi connectivity index (χ1) is 11.7. The second-order valence-corrected chi connectivity index (χ2v) is 5.84. The first-order valence-corrected chi connectivity index (χ1v) is 7.89. The van der Waals surface area contributed by atoms with Crippen molar-refractivity contribution < 1.29 is 13.2 Å². The van der Waals surface area contributed by atoms with E-state index in [2.05, 4.69) is 6.92 Å². The lowest BCUT2D eigenvalue weighted by Crippen LogP contribution is -2.00. The number of hydrogen-bond donors (Lipinski definition) is 0. The zero-order chi connectivity index (χ0) is 16.7. The van der Waals surface area contributed by atoms with Gasteiger partial charge in [0.05, 0.1) is 6.26 Å². The molecule has 0 fully saturated rings.